The van der Waals surface area contributed by atoms with E-state index in [0.717, 1.165) is 0 Å². The molecule has 2 rings (SSSR count). The second-order valence-corrected chi connectivity index (χ2v) is 4.28. The summed E-state index contributed by atoms with van der Waals surface area (Å²) in [7, 11) is 0. The third-order valence-corrected chi connectivity index (χ3v) is 2.55. The molecule has 8 heteroatoms. The van der Waals surface area contributed by atoms with E-state index in [4.69, 9.17) is 4.74 Å². The summed E-state index contributed by atoms with van der Waals surface area (Å²) in [6, 6.07) is 0. The highest BCUT2D eigenvalue weighted by molar-refractivity contribution is 6.38. The van der Waals surface area contributed by atoms with Gasteiger partial charge in [0.1, 0.15) is 12.7 Å². The summed E-state index contributed by atoms with van der Waals surface area (Å²) >= 11 is 0. The van der Waals surface area contributed by atoms with Gasteiger partial charge in [0.25, 0.3) is 0 Å². The molecule has 0 spiro atoms. The van der Waals surface area contributed by atoms with Gasteiger partial charge in [-0.05, 0) is 13.8 Å². The topological polar surface area (TPSA) is 89.4 Å². The Bertz CT molecular complexity index is 423. The first kappa shape index (κ1) is 12.5. The molecule has 1 aliphatic rings. The van der Waals surface area contributed by atoms with Crippen LogP contribution in [0, 0.1) is 0 Å². The summed E-state index contributed by atoms with van der Waals surface area (Å²) in [4.78, 5) is 25.1. The molecule has 0 bridgehead atoms. The van der Waals surface area contributed by atoms with Crippen LogP contribution in [0.3, 0.4) is 0 Å². The molecule has 0 aromatic carbocycles. The Labute approximate surface area is 104 Å². The highest BCUT2D eigenvalue weighted by Crippen LogP contribution is 2.10. The molecule has 98 valence electrons. The van der Waals surface area contributed by atoms with Crippen LogP contribution in [0.2, 0.25) is 0 Å². The van der Waals surface area contributed by atoms with Gasteiger partial charge in [-0.1, -0.05) is 0 Å². The maximum Gasteiger partial charge on any atom is 0.328 e. The molecule has 0 aliphatic carbocycles. The van der Waals surface area contributed by atoms with Crippen LogP contribution in [0.4, 0.5) is 0 Å². The summed E-state index contributed by atoms with van der Waals surface area (Å²) in [6.45, 7) is 4.57. The maximum atomic E-state index is 11.9. The molecule has 1 aromatic heterocycles. The minimum absolute atomic E-state index is 0.0691. The number of carbonyl (C=O) groups excluding carboxylic acids is 2. The third kappa shape index (κ3) is 2.83. The molecule has 18 heavy (non-hydrogen) atoms. The second-order valence-electron chi connectivity index (χ2n) is 4.28. The predicted octanol–water partition coefficient (Wildman–Crippen LogP) is -1.02. The van der Waals surface area contributed by atoms with Crippen molar-refractivity contribution in [3.8, 4) is 0 Å². The Morgan fingerprint density at radius 2 is 1.78 bits per heavy atom. The highest BCUT2D eigenvalue weighted by Gasteiger charge is 2.29. The molecule has 1 saturated heterocycles. The van der Waals surface area contributed by atoms with Gasteiger partial charge in [0, 0.05) is 13.1 Å². The van der Waals surface area contributed by atoms with Crippen molar-refractivity contribution in [3.63, 3.8) is 0 Å². The normalized spacial score (nSPS) is 23.8. The summed E-state index contributed by atoms with van der Waals surface area (Å²) < 4.78 is 6.73. The van der Waals surface area contributed by atoms with E-state index in [2.05, 4.69) is 15.6 Å². The standard InChI is InChI=1S/C10H15N5O3/c1-7-3-14(4-8(2)18-7)10(17)9(16)13-15-5-11-12-6-15/h5-8H,3-4H2,1-2H3,(H,13,16). The maximum absolute atomic E-state index is 11.9. The van der Waals surface area contributed by atoms with Crippen molar-refractivity contribution in [2.45, 2.75) is 26.1 Å². The van der Waals surface area contributed by atoms with Crippen LogP contribution in [0.1, 0.15) is 13.8 Å². The number of carbonyl (C=O) groups is 2. The van der Waals surface area contributed by atoms with E-state index in [0.29, 0.717) is 13.1 Å². The summed E-state index contributed by atoms with van der Waals surface area (Å²) in [5, 5.41) is 7.05. The van der Waals surface area contributed by atoms with Gasteiger partial charge in [-0.15, -0.1) is 10.2 Å². The summed E-state index contributed by atoms with van der Waals surface area (Å²) in [5.41, 5.74) is 2.37. The molecule has 2 amide bonds. The van der Waals surface area contributed by atoms with Gasteiger partial charge >= 0.3 is 11.8 Å². The number of aromatic nitrogens is 3. The zero-order valence-corrected chi connectivity index (χ0v) is 10.2. The van der Waals surface area contributed by atoms with Crippen molar-refractivity contribution in [2.24, 2.45) is 0 Å². The number of amides is 2. The van der Waals surface area contributed by atoms with Gasteiger partial charge in [0.15, 0.2) is 0 Å². The van der Waals surface area contributed by atoms with Crippen LogP contribution in [0.25, 0.3) is 0 Å². The lowest BCUT2D eigenvalue weighted by molar-refractivity contribution is -0.151. The third-order valence-electron chi connectivity index (χ3n) is 2.55. The van der Waals surface area contributed by atoms with Crippen LogP contribution < -0.4 is 5.43 Å². The Morgan fingerprint density at radius 3 is 2.33 bits per heavy atom. The zero-order chi connectivity index (χ0) is 13.1. The Kier molecular flexibility index (Phi) is 3.56. The number of nitrogens with zero attached hydrogens (tertiary/aromatic N) is 4. The van der Waals surface area contributed by atoms with Crippen LogP contribution in [0.15, 0.2) is 12.7 Å². The Balaban J connectivity index is 1.96. The van der Waals surface area contributed by atoms with Gasteiger partial charge in [0.05, 0.1) is 12.2 Å². The van der Waals surface area contributed by atoms with E-state index in [1.807, 2.05) is 13.8 Å². The van der Waals surface area contributed by atoms with E-state index in [1.54, 1.807) is 0 Å². The Hall–Kier alpha value is -1.96. The lowest BCUT2D eigenvalue weighted by Gasteiger charge is -2.34. The largest absolute Gasteiger partial charge is 0.372 e. The van der Waals surface area contributed by atoms with E-state index in [1.165, 1.54) is 22.2 Å². The summed E-state index contributed by atoms with van der Waals surface area (Å²) in [6.07, 6.45) is 2.46. The highest BCUT2D eigenvalue weighted by atomic mass is 16.5. The first-order valence-electron chi connectivity index (χ1n) is 5.66. The van der Waals surface area contributed by atoms with Crippen molar-refractivity contribution in [3.05, 3.63) is 12.7 Å². The van der Waals surface area contributed by atoms with Crippen LogP contribution in [-0.2, 0) is 14.3 Å². The molecule has 2 atom stereocenters. The minimum Gasteiger partial charge on any atom is -0.372 e. The first-order chi connectivity index (χ1) is 8.56. The molecule has 2 unspecified atom stereocenters. The zero-order valence-electron chi connectivity index (χ0n) is 10.2. The molecule has 1 aliphatic heterocycles. The fraction of sp³-hybridized carbons (Fsp3) is 0.600. The fourth-order valence-corrected chi connectivity index (χ4v) is 1.91. The van der Waals surface area contributed by atoms with Gasteiger partial charge in [-0.3, -0.25) is 15.0 Å². The van der Waals surface area contributed by atoms with E-state index >= 15 is 0 Å². The number of ether oxygens (including phenoxy) is 1. The average molecular weight is 253 g/mol. The molecule has 8 nitrogen and oxygen atoms in total. The minimum atomic E-state index is -0.712. The van der Waals surface area contributed by atoms with Gasteiger partial charge in [0.2, 0.25) is 0 Å². The number of hydrogen-bond acceptors (Lipinski definition) is 5. The number of nitrogens with one attached hydrogen (secondary N) is 1. The van der Waals surface area contributed by atoms with Crippen molar-refractivity contribution in [1.82, 2.24) is 19.8 Å². The fourth-order valence-electron chi connectivity index (χ4n) is 1.91. The number of rotatable bonds is 1. The average Bonchev–Trinajstić information content (AvgIpc) is 2.79. The first-order valence-corrected chi connectivity index (χ1v) is 5.66. The molecule has 1 fully saturated rings. The van der Waals surface area contributed by atoms with Crippen LogP contribution >= 0.6 is 0 Å². The summed E-state index contributed by atoms with van der Waals surface area (Å²) in [5.74, 6) is -1.29. The van der Waals surface area contributed by atoms with Crippen molar-refractivity contribution >= 4 is 11.8 Å². The van der Waals surface area contributed by atoms with Gasteiger partial charge in [-0.2, -0.15) is 0 Å². The van der Waals surface area contributed by atoms with Crippen molar-refractivity contribution < 1.29 is 14.3 Å². The van der Waals surface area contributed by atoms with E-state index in [-0.39, 0.29) is 12.2 Å². The van der Waals surface area contributed by atoms with Crippen LogP contribution in [-0.4, -0.2) is 56.9 Å². The van der Waals surface area contributed by atoms with E-state index in [9.17, 15) is 9.59 Å². The second kappa shape index (κ2) is 5.13. The lowest BCUT2D eigenvalue weighted by Crippen LogP contribution is -2.52. The molecule has 2 heterocycles. The smallest absolute Gasteiger partial charge is 0.328 e. The molecule has 0 radical (unpaired) electrons. The Morgan fingerprint density at radius 1 is 1.22 bits per heavy atom. The molecule has 0 saturated carbocycles. The van der Waals surface area contributed by atoms with E-state index < -0.39 is 11.8 Å². The van der Waals surface area contributed by atoms with Crippen LogP contribution in [0.5, 0.6) is 0 Å². The molecular weight excluding hydrogens is 238 g/mol. The SMILES string of the molecule is CC1CN(C(=O)C(=O)Nn2cnnc2)CC(C)O1. The number of morpholine rings is 1. The van der Waals surface area contributed by atoms with Gasteiger partial charge < -0.3 is 9.64 Å². The predicted molar refractivity (Wildman–Crippen MR) is 61.0 cm³/mol. The van der Waals surface area contributed by atoms with Crippen molar-refractivity contribution in [1.29, 1.82) is 0 Å². The molecular formula is C10H15N5O3. The molecule has 1 N–H and O–H groups in total. The quantitative estimate of drug-likeness (QED) is 0.647. The molecule has 1 aromatic rings. The van der Waals surface area contributed by atoms with Gasteiger partial charge in [-0.25, -0.2) is 4.68 Å². The lowest BCUT2D eigenvalue weighted by atomic mass is 10.2. The monoisotopic (exact) mass is 253 g/mol. The number of hydrogen-bond donors (Lipinski definition) is 1. The van der Waals surface area contributed by atoms with Crippen molar-refractivity contribution in [2.75, 3.05) is 18.5 Å².